The highest BCUT2D eigenvalue weighted by atomic mass is 32.2. The summed E-state index contributed by atoms with van der Waals surface area (Å²) < 4.78 is 24.3. The van der Waals surface area contributed by atoms with Crippen molar-refractivity contribution in [3.8, 4) is 0 Å². The van der Waals surface area contributed by atoms with Crippen LogP contribution in [0.25, 0.3) is 0 Å². The van der Waals surface area contributed by atoms with E-state index in [9.17, 15) is 13.2 Å². The van der Waals surface area contributed by atoms with Crippen molar-refractivity contribution in [3.05, 3.63) is 41.7 Å². The molecule has 0 radical (unpaired) electrons. The maximum Gasteiger partial charge on any atom is 0.258 e. The number of amides is 1. The topological polar surface area (TPSA) is 107 Å². The van der Waals surface area contributed by atoms with Crippen LogP contribution in [-0.2, 0) is 17.1 Å². The second kappa shape index (κ2) is 5.06. The molecule has 8 heteroatoms. The summed E-state index contributed by atoms with van der Waals surface area (Å²) in [5.74, 6) is -0.373. The molecule has 0 spiro atoms. The van der Waals surface area contributed by atoms with E-state index in [1.165, 1.54) is 16.9 Å². The van der Waals surface area contributed by atoms with Crippen LogP contribution in [0.3, 0.4) is 0 Å². The third kappa shape index (κ3) is 3.03. The first-order chi connectivity index (χ1) is 9.27. The fourth-order valence-electron chi connectivity index (χ4n) is 1.73. The second-order valence-corrected chi connectivity index (χ2v) is 5.91. The van der Waals surface area contributed by atoms with Gasteiger partial charge in [0.25, 0.3) is 5.91 Å². The molecule has 0 aliphatic rings. The van der Waals surface area contributed by atoms with Gasteiger partial charge in [0.05, 0.1) is 16.7 Å². The van der Waals surface area contributed by atoms with Gasteiger partial charge in [0.2, 0.25) is 10.0 Å². The number of anilines is 1. The number of benzene rings is 1. The fraction of sp³-hybridized carbons (Fsp3) is 0.167. The molecule has 1 amide bonds. The maximum absolute atomic E-state index is 11.9. The Morgan fingerprint density at radius 2 is 2.10 bits per heavy atom. The molecular weight excluding hydrogens is 280 g/mol. The van der Waals surface area contributed by atoms with E-state index in [2.05, 4.69) is 10.4 Å². The van der Waals surface area contributed by atoms with Crippen LogP contribution in [0.15, 0.2) is 35.5 Å². The summed E-state index contributed by atoms with van der Waals surface area (Å²) >= 11 is 0. The number of nitrogens with zero attached hydrogens (tertiary/aromatic N) is 2. The van der Waals surface area contributed by atoms with E-state index in [0.717, 1.165) is 0 Å². The summed E-state index contributed by atoms with van der Waals surface area (Å²) in [4.78, 5) is 11.9. The lowest BCUT2D eigenvalue weighted by molar-refractivity contribution is 0.102. The minimum atomic E-state index is -3.82. The Kier molecular flexibility index (Phi) is 3.60. The first-order valence-corrected chi connectivity index (χ1v) is 7.25. The Balaban J connectivity index is 2.29. The second-order valence-electron chi connectivity index (χ2n) is 4.38. The zero-order valence-electron chi connectivity index (χ0n) is 11.0. The summed E-state index contributed by atoms with van der Waals surface area (Å²) in [6, 6.07) is 4.52. The SMILES string of the molecule is Cc1ccc(NC(=O)c2cnn(C)c2)cc1S(N)(=O)=O. The van der Waals surface area contributed by atoms with Crippen molar-refractivity contribution >= 4 is 21.6 Å². The Hall–Kier alpha value is -2.19. The zero-order chi connectivity index (χ0) is 14.9. The molecule has 2 rings (SSSR count). The number of rotatable bonds is 3. The molecule has 1 aromatic carbocycles. The summed E-state index contributed by atoms with van der Waals surface area (Å²) in [7, 11) is -2.12. The number of nitrogens with one attached hydrogen (secondary N) is 1. The molecule has 0 atom stereocenters. The minimum absolute atomic E-state index is 0.0125. The van der Waals surface area contributed by atoms with Gasteiger partial charge in [-0.05, 0) is 24.6 Å². The van der Waals surface area contributed by atoms with Crippen molar-refractivity contribution in [3.63, 3.8) is 0 Å². The van der Waals surface area contributed by atoms with E-state index < -0.39 is 10.0 Å². The van der Waals surface area contributed by atoms with Crippen molar-refractivity contribution in [2.24, 2.45) is 12.2 Å². The van der Waals surface area contributed by atoms with Gasteiger partial charge in [0.15, 0.2) is 0 Å². The number of aryl methyl sites for hydroxylation is 2. The van der Waals surface area contributed by atoms with E-state index in [-0.39, 0.29) is 10.8 Å². The van der Waals surface area contributed by atoms with Crippen LogP contribution in [0.5, 0.6) is 0 Å². The van der Waals surface area contributed by atoms with Gasteiger partial charge in [-0.15, -0.1) is 0 Å². The molecule has 7 nitrogen and oxygen atoms in total. The fourth-order valence-corrected chi connectivity index (χ4v) is 2.53. The quantitative estimate of drug-likeness (QED) is 0.865. The standard InChI is InChI=1S/C12H14N4O3S/c1-8-3-4-10(5-11(8)20(13,18)19)15-12(17)9-6-14-16(2)7-9/h3-7H,1-2H3,(H,15,17)(H2,13,18,19). The van der Waals surface area contributed by atoms with E-state index in [1.54, 1.807) is 32.3 Å². The molecular formula is C12H14N4O3S. The average Bonchev–Trinajstić information content (AvgIpc) is 2.77. The molecule has 1 heterocycles. The van der Waals surface area contributed by atoms with Crippen LogP contribution in [0.2, 0.25) is 0 Å². The molecule has 0 aliphatic heterocycles. The lowest BCUT2D eigenvalue weighted by Gasteiger charge is -2.08. The van der Waals surface area contributed by atoms with E-state index in [0.29, 0.717) is 16.8 Å². The van der Waals surface area contributed by atoms with Crippen molar-refractivity contribution in [2.75, 3.05) is 5.32 Å². The average molecular weight is 294 g/mol. The predicted molar refractivity (Wildman–Crippen MR) is 73.7 cm³/mol. The lowest BCUT2D eigenvalue weighted by atomic mass is 10.2. The van der Waals surface area contributed by atoms with Crippen molar-refractivity contribution in [1.29, 1.82) is 0 Å². The highest BCUT2D eigenvalue weighted by molar-refractivity contribution is 7.89. The monoisotopic (exact) mass is 294 g/mol. The molecule has 106 valence electrons. The first kappa shape index (κ1) is 14.2. The molecule has 2 aromatic rings. The third-order valence-electron chi connectivity index (χ3n) is 2.72. The molecule has 0 saturated carbocycles. The number of carbonyl (C=O) groups excluding carboxylic acids is 1. The normalized spacial score (nSPS) is 11.3. The highest BCUT2D eigenvalue weighted by Gasteiger charge is 2.14. The van der Waals surface area contributed by atoms with Gasteiger partial charge in [0, 0.05) is 18.9 Å². The van der Waals surface area contributed by atoms with Gasteiger partial charge in [-0.3, -0.25) is 9.48 Å². The van der Waals surface area contributed by atoms with Gasteiger partial charge in [-0.1, -0.05) is 6.07 Å². The molecule has 0 saturated heterocycles. The van der Waals surface area contributed by atoms with Crippen LogP contribution in [0, 0.1) is 6.92 Å². The van der Waals surface area contributed by atoms with E-state index >= 15 is 0 Å². The minimum Gasteiger partial charge on any atom is -0.322 e. The summed E-state index contributed by atoms with van der Waals surface area (Å²) in [5.41, 5.74) is 1.26. The molecule has 3 N–H and O–H groups in total. The summed E-state index contributed by atoms with van der Waals surface area (Å²) in [6.07, 6.45) is 2.98. The zero-order valence-corrected chi connectivity index (χ0v) is 11.8. The Morgan fingerprint density at radius 3 is 2.65 bits per heavy atom. The molecule has 1 aromatic heterocycles. The first-order valence-electron chi connectivity index (χ1n) is 5.71. The largest absolute Gasteiger partial charge is 0.322 e. The number of carbonyl (C=O) groups is 1. The van der Waals surface area contributed by atoms with Crippen molar-refractivity contribution in [1.82, 2.24) is 9.78 Å². The number of primary sulfonamides is 1. The summed E-state index contributed by atoms with van der Waals surface area (Å²) in [6.45, 7) is 1.63. The van der Waals surface area contributed by atoms with Gasteiger partial charge in [0.1, 0.15) is 0 Å². The summed E-state index contributed by atoms with van der Waals surface area (Å²) in [5, 5.41) is 11.6. The van der Waals surface area contributed by atoms with Gasteiger partial charge < -0.3 is 5.32 Å². The number of hydrogen-bond acceptors (Lipinski definition) is 4. The third-order valence-corrected chi connectivity index (χ3v) is 3.77. The molecule has 0 aliphatic carbocycles. The molecule has 0 fully saturated rings. The number of hydrogen-bond donors (Lipinski definition) is 2. The lowest BCUT2D eigenvalue weighted by Crippen LogP contribution is -2.15. The van der Waals surface area contributed by atoms with Crippen LogP contribution in [0.4, 0.5) is 5.69 Å². The number of aromatic nitrogens is 2. The maximum atomic E-state index is 11.9. The highest BCUT2D eigenvalue weighted by Crippen LogP contribution is 2.19. The Bertz CT molecular complexity index is 765. The van der Waals surface area contributed by atoms with Crippen molar-refractivity contribution < 1.29 is 13.2 Å². The Labute approximate surface area is 116 Å². The van der Waals surface area contributed by atoms with Crippen LogP contribution in [-0.4, -0.2) is 24.1 Å². The van der Waals surface area contributed by atoms with Gasteiger partial charge >= 0.3 is 0 Å². The van der Waals surface area contributed by atoms with Crippen molar-refractivity contribution in [2.45, 2.75) is 11.8 Å². The molecule has 20 heavy (non-hydrogen) atoms. The van der Waals surface area contributed by atoms with Crippen LogP contribution >= 0.6 is 0 Å². The number of nitrogens with two attached hydrogens (primary N) is 1. The molecule has 0 unspecified atom stereocenters. The van der Waals surface area contributed by atoms with Crippen LogP contribution in [0.1, 0.15) is 15.9 Å². The van der Waals surface area contributed by atoms with Gasteiger partial charge in [-0.2, -0.15) is 5.10 Å². The Morgan fingerprint density at radius 1 is 1.40 bits per heavy atom. The smallest absolute Gasteiger partial charge is 0.258 e. The molecule has 0 bridgehead atoms. The van der Waals surface area contributed by atoms with E-state index in [1.807, 2.05) is 0 Å². The number of sulfonamides is 1. The van der Waals surface area contributed by atoms with Gasteiger partial charge in [-0.25, -0.2) is 13.6 Å². The predicted octanol–water partition coefficient (Wildman–Crippen LogP) is 0.628. The van der Waals surface area contributed by atoms with Crippen LogP contribution < -0.4 is 10.5 Å². The van der Waals surface area contributed by atoms with E-state index in [4.69, 9.17) is 5.14 Å².